The summed E-state index contributed by atoms with van der Waals surface area (Å²) in [5.74, 6) is 1.60. The van der Waals surface area contributed by atoms with Crippen LogP contribution in [0.3, 0.4) is 0 Å². The monoisotopic (exact) mass is 388 g/mol. The Balaban J connectivity index is 2.98. The van der Waals surface area contributed by atoms with Crippen molar-refractivity contribution in [3.8, 4) is 11.5 Å². The molecule has 0 heterocycles. The van der Waals surface area contributed by atoms with Gasteiger partial charge in [-0.25, -0.2) is 0 Å². The van der Waals surface area contributed by atoms with Crippen molar-refractivity contribution in [2.75, 3.05) is 7.11 Å². The predicted octanol–water partition coefficient (Wildman–Crippen LogP) is 5.77. The molecule has 1 rings (SSSR count). The molecule has 0 N–H and O–H groups in total. The Morgan fingerprint density at radius 3 is 2.18 bits per heavy atom. The standard InChI is InChI=1S/C17H29BrO3Si/c1-12(2)21-16-10-15(19-6)13(9-14(16)18)11-20-22(7,8)17(3,4)5/h9-10,12H,11H2,1-8H3. The number of ether oxygens (including phenoxy) is 2. The summed E-state index contributed by atoms with van der Waals surface area (Å²) < 4.78 is 18.5. The van der Waals surface area contributed by atoms with Gasteiger partial charge in [0.25, 0.3) is 0 Å². The molecule has 0 spiro atoms. The Labute approximate surface area is 144 Å². The van der Waals surface area contributed by atoms with E-state index in [9.17, 15) is 0 Å². The Morgan fingerprint density at radius 1 is 1.14 bits per heavy atom. The first-order valence-electron chi connectivity index (χ1n) is 7.65. The summed E-state index contributed by atoms with van der Waals surface area (Å²) >= 11 is 3.57. The summed E-state index contributed by atoms with van der Waals surface area (Å²) in [6.07, 6.45) is 0.121. The summed E-state index contributed by atoms with van der Waals surface area (Å²) in [5, 5.41) is 0.193. The molecule has 0 aromatic heterocycles. The van der Waals surface area contributed by atoms with Crippen LogP contribution >= 0.6 is 15.9 Å². The van der Waals surface area contributed by atoms with Crippen LogP contribution in [0.2, 0.25) is 18.1 Å². The van der Waals surface area contributed by atoms with Gasteiger partial charge < -0.3 is 13.9 Å². The average molecular weight is 389 g/mol. The van der Waals surface area contributed by atoms with Gasteiger partial charge in [0.1, 0.15) is 11.5 Å². The third-order valence-electron chi connectivity index (χ3n) is 4.09. The van der Waals surface area contributed by atoms with Gasteiger partial charge in [-0.05, 0) is 54.0 Å². The molecular weight excluding hydrogens is 360 g/mol. The molecule has 0 fully saturated rings. The number of methoxy groups -OCH3 is 1. The van der Waals surface area contributed by atoms with E-state index in [0.717, 1.165) is 21.5 Å². The maximum Gasteiger partial charge on any atom is 0.192 e. The second kappa shape index (κ2) is 7.36. The van der Waals surface area contributed by atoms with Crippen molar-refractivity contribution in [1.82, 2.24) is 0 Å². The van der Waals surface area contributed by atoms with Crippen LogP contribution in [0.15, 0.2) is 16.6 Å². The van der Waals surface area contributed by atoms with E-state index in [1.807, 2.05) is 26.0 Å². The van der Waals surface area contributed by atoms with E-state index in [2.05, 4.69) is 49.8 Å². The van der Waals surface area contributed by atoms with Crippen LogP contribution in [0.5, 0.6) is 11.5 Å². The van der Waals surface area contributed by atoms with E-state index < -0.39 is 8.32 Å². The largest absolute Gasteiger partial charge is 0.496 e. The van der Waals surface area contributed by atoms with Crippen molar-refractivity contribution in [3.63, 3.8) is 0 Å². The van der Waals surface area contributed by atoms with Gasteiger partial charge in [0, 0.05) is 11.6 Å². The van der Waals surface area contributed by atoms with Crippen LogP contribution < -0.4 is 9.47 Å². The van der Waals surface area contributed by atoms with E-state index in [-0.39, 0.29) is 11.1 Å². The fourth-order valence-electron chi connectivity index (χ4n) is 1.70. The highest BCUT2D eigenvalue weighted by Gasteiger charge is 2.37. The van der Waals surface area contributed by atoms with Gasteiger partial charge in [0.15, 0.2) is 8.32 Å². The van der Waals surface area contributed by atoms with Crippen LogP contribution in [0.1, 0.15) is 40.2 Å². The predicted molar refractivity (Wildman–Crippen MR) is 98.4 cm³/mol. The zero-order valence-corrected chi connectivity index (χ0v) is 17.6. The molecule has 0 radical (unpaired) electrons. The second-order valence-electron chi connectivity index (χ2n) is 7.31. The minimum atomic E-state index is -1.78. The number of hydrogen-bond acceptors (Lipinski definition) is 3. The highest BCUT2D eigenvalue weighted by atomic mass is 79.9. The summed E-state index contributed by atoms with van der Waals surface area (Å²) in [7, 11) is -0.104. The van der Waals surface area contributed by atoms with Crippen LogP contribution in [0, 0.1) is 0 Å². The topological polar surface area (TPSA) is 27.7 Å². The SMILES string of the molecule is COc1cc(OC(C)C)c(Br)cc1CO[Si](C)(C)C(C)(C)C. The van der Waals surface area contributed by atoms with Gasteiger partial charge in [-0.3, -0.25) is 0 Å². The van der Waals surface area contributed by atoms with Gasteiger partial charge in [0.05, 0.1) is 24.3 Å². The zero-order valence-electron chi connectivity index (χ0n) is 15.0. The Hall–Kier alpha value is -0.523. The lowest BCUT2D eigenvalue weighted by Crippen LogP contribution is -2.40. The molecule has 0 aliphatic carbocycles. The number of rotatable bonds is 6. The fourth-order valence-corrected chi connectivity index (χ4v) is 3.13. The molecule has 0 bridgehead atoms. The van der Waals surface area contributed by atoms with Crippen molar-refractivity contribution >= 4 is 24.2 Å². The normalized spacial score (nSPS) is 12.6. The maximum absolute atomic E-state index is 6.30. The molecule has 1 aromatic carbocycles. The first-order valence-corrected chi connectivity index (χ1v) is 11.3. The number of hydrogen-bond donors (Lipinski definition) is 0. The molecule has 0 atom stereocenters. The molecular formula is C17H29BrO3Si. The summed E-state index contributed by atoms with van der Waals surface area (Å²) in [5.41, 5.74) is 1.04. The molecule has 0 unspecified atom stereocenters. The van der Waals surface area contributed by atoms with Crippen LogP contribution in [0.4, 0.5) is 0 Å². The fraction of sp³-hybridized carbons (Fsp3) is 0.647. The Morgan fingerprint density at radius 2 is 1.73 bits per heavy atom. The van der Waals surface area contributed by atoms with E-state index in [1.165, 1.54) is 0 Å². The first kappa shape index (κ1) is 19.5. The number of benzene rings is 1. The average Bonchev–Trinajstić information content (AvgIpc) is 2.37. The van der Waals surface area contributed by atoms with Crippen molar-refractivity contribution < 1.29 is 13.9 Å². The lowest BCUT2D eigenvalue weighted by Gasteiger charge is -2.36. The van der Waals surface area contributed by atoms with Crippen LogP contribution in [-0.4, -0.2) is 21.5 Å². The van der Waals surface area contributed by atoms with E-state index in [0.29, 0.717) is 6.61 Å². The highest BCUT2D eigenvalue weighted by molar-refractivity contribution is 9.10. The molecule has 0 aliphatic rings. The zero-order chi connectivity index (χ0) is 17.1. The molecule has 0 saturated heterocycles. The summed E-state index contributed by atoms with van der Waals surface area (Å²) in [6, 6.07) is 3.96. The van der Waals surface area contributed by atoms with Crippen molar-refractivity contribution in [2.24, 2.45) is 0 Å². The van der Waals surface area contributed by atoms with Gasteiger partial charge in [-0.1, -0.05) is 20.8 Å². The van der Waals surface area contributed by atoms with Crippen molar-refractivity contribution in [3.05, 3.63) is 22.2 Å². The third-order valence-corrected chi connectivity index (χ3v) is 9.19. The Bertz CT molecular complexity index is 507. The minimum absolute atomic E-state index is 0.121. The quantitative estimate of drug-likeness (QED) is 0.579. The lowest BCUT2D eigenvalue weighted by molar-refractivity contribution is 0.238. The second-order valence-corrected chi connectivity index (χ2v) is 13.0. The molecule has 0 aliphatic heterocycles. The molecule has 0 saturated carbocycles. The highest BCUT2D eigenvalue weighted by Crippen LogP contribution is 2.39. The lowest BCUT2D eigenvalue weighted by atomic mass is 10.2. The minimum Gasteiger partial charge on any atom is -0.496 e. The molecule has 0 amide bonds. The molecule has 126 valence electrons. The van der Waals surface area contributed by atoms with E-state index in [4.69, 9.17) is 13.9 Å². The van der Waals surface area contributed by atoms with Crippen molar-refractivity contribution in [2.45, 2.75) is 65.5 Å². The van der Waals surface area contributed by atoms with Crippen molar-refractivity contribution in [1.29, 1.82) is 0 Å². The third kappa shape index (κ3) is 5.00. The van der Waals surface area contributed by atoms with E-state index in [1.54, 1.807) is 7.11 Å². The maximum atomic E-state index is 6.30. The first-order chi connectivity index (χ1) is 9.98. The molecule has 1 aromatic rings. The molecule has 22 heavy (non-hydrogen) atoms. The van der Waals surface area contributed by atoms with E-state index >= 15 is 0 Å². The Kier molecular flexibility index (Phi) is 6.54. The van der Waals surface area contributed by atoms with Crippen LogP contribution in [0.25, 0.3) is 0 Å². The molecule has 5 heteroatoms. The van der Waals surface area contributed by atoms with Gasteiger partial charge in [-0.15, -0.1) is 0 Å². The number of halogens is 1. The molecule has 3 nitrogen and oxygen atoms in total. The van der Waals surface area contributed by atoms with Crippen LogP contribution in [-0.2, 0) is 11.0 Å². The smallest absolute Gasteiger partial charge is 0.192 e. The summed E-state index contributed by atoms with van der Waals surface area (Å²) in [4.78, 5) is 0. The van der Waals surface area contributed by atoms with Gasteiger partial charge in [0.2, 0.25) is 0 Å². The van der Waals surface area contributed by atoms with Gasteiger partial charge >= 0.3 is 0 Å². The van der Waals surface area contributed by atoms with Gasteiger partial charge in [-0.2, -0.15) is 0 Å². The summed E-state index contributed by atoms with van der Waals surface area (Å²) in [6.45, 7) is 15.8.